The summed E-state index contributed by atoms with van der Waals surface area (Å²) in [7, 11) is 1.57. The van der Waals surface area contributed by atoms with Crippen LogP contribution in [0.25, 0.3) is 0 Å². The van der Waals surface area contributed by atoms with Crippen molar-refractivity contribution < 1.29 is 19.1 Å². The topological polar surface area (TPSA) is 59.7 Å². The molecule has 1 aromatic carbocycles. The summed E-state index contributed by atoms with van der Waals surface area (Å²) in [5, 5.41) is 9.30. The van der Waals surface area contributed by atoms with Gasteiger partial charge in [-0.3, -0.25) is 0 Å². The SMILES string of the molecule is COc1ccccc1Sc1occc1C(=O)O. The maximum absolute atomic E-state index is 10.9. The van der Waals surface area contributed by atoms with E-state index in [0.717, 1.165) is 4.90 Å². The predicted molar refractivity (Wildman–Crippen MR) is 62.8 cm³/mol. The van der Waals surface area contributed by atoms with Gasteiger partial charge in [0.25, 0.3) is 0 Å². The van der Waals surface area contributed by atoms with Crippen molar-refractivity contribution in [3.8, 4) is 5.75 Å². The molecule has 1 aromatic heterocycles. The maximum atomic E-state index is 10.9. The molecule has 0 spiro atoms. The van der Waals surface area contributed by atoms with Crippen molar-refractivity contribution in [1.82, 2.24) is 0 Å². The highest BCUT2D eigenvalue weighted by molar-refractivity contribution is 7.99. The minimum atomic E-state index is -1.00. The molecule has 5 heteroatoms. The maximum Gasteiger partial charge on any atom is 0.340 e. The van der Waals surface area contributed by atoms with Gasteiger partial charge in [0.2, 0.25) is 0 Å². The standard InChI is InChI=1S/C12H10O4S/c1-15-9-4-2-3-5-10(9)17-12-8(11(13)14)6-7-16-12/h2-7H,1H3,(H,13,14). The Hall–Kier alpha value is -1.88. The molecule has 0 fully saturated rings. The Balaban J connectivity index is 2.31. The van der Waals surface area contributed by atoms with Gasteiger partial charge in [0.05, 0.1) is 18.3 Å². The summed E-state index contributed by atoms with van der Waals surface area (Å²) in [6.45, 7) is 0. The van der Waals surface area contributed by atoms with Gasteiger partial charge in [-0.05, 0) is 30.0 Å². The van der Waals surface area contributed by atoms with E-state index >= 15 is 0 Å². The van der Waals surface area contributed by atoms with E-state index in [4.69, 9.17) is 14.3 Å². The largest absolute Gasteiger partial charge is 0.496 e. The molecular weight excluding hydrogens is 240 g/mol. The van der Waals surface area contributed by atoms with Crippen LogP contribution in [0.15, 0.2) is 51.0 Å². The monoisotopic (exact) mass is 250 g/mol. The zero-order valence-corrected chi connectivity index (χ0v) is 9.86. The molecule has 17 heavy (non-hydrogen) atoms. The van der Waals surface area contributed by atoms with Gasteiger partial charge in [-0.1, -0.05) is 12.1 Å². The Bertz CT molecular complexity index is 533. The van der Waals surface area contributed by atoms with Crippen LogP contribution in [0, 0.1) is 0 Å². The number of hydrogen-bond acceptors (Lipinski definition) is 4. The van der Waals surface area contributed by atoms with Crippen molar-refractivity contribution in [2.45, 2.75) is 9.99 Å². The highest BCUT2D eigenvalue weighted by atomic mass is 32.2. The van der Waals surface area contributed by atoms with Crippen LogP contribution in [-0.4, -0.2) is 18.2 Å². The zero-order valence-electron chi connectivity index (χ0n) is 9.04. The molecule has 0 unspecified atom stereocenters. The van der Waals surface area contributed by atoms with E-state index in [1.54, 1.807) is 7.11 Å². The second-order valence-electron chi connectivity index (χ2n) is 3.18. The summed E-state index contributed by atoms with van der Waals surface area (Å²) in [5.74, 6) is -0.318. The molecule has 0 aliphatic heterocycles. The highest BCUT2D eigenvalue weighted by Gasteiger charge is 2.16. The molecule has 0 radical (unpaired) electrons. The van der Waals surface area contributed by atoms with E-state index in [-0.39, 0.29) is 5.56 Å². The lowest BCUT2D eigenvalue weighted by molar-refractivity contribution is 0.0690. The second kappa shape index (κ2) is 4.97. The molecule has 4 nitrogen and oxygen atoms in total. The number of ether oxygens (including phenoxy) is 1. The molecule has 2 aromatic rings. The average molecular weight is 250 g/mol. The first-order valence-electron chi connectivity index (χ1n) is 4.84. The first-order chi connectivity index (χ1) is 8.22. The lowest BCUT2D eigenvalue weighted by atomic mass is 10.3. The van der Waals surface area contributed by atoms with Gasteiger partial charge >= 0.3 is 5.97 Å². The molecular formula is C12H10O4S. The number of benzene rings is 1. The minimum absolute atomic E-state index is 0.154. The van der Waals surface area contributed by atoms with Crippen molar-refractivity contribution in [2.75, 3.05) is 7.11 Å². The summed E-state index contributed by atoms with van der Waals surface area (Å²) < 4.78 is 10.3. The number of rotatable bonds is 4. The summed E-state index contributed by atoms with van der Waals surface area (Å²) in [6.07, 6.45) is 1.36. The number of methoxy groups -OCH3 is 1. The van der Waals surface area contributed by atoms with Gasteiger partial charge in [0.1, 0.15) is 11.3 Å². The lowest BCUT2D eigenvalue weighted by Crippen LogP contribution is -1.95. The van der Waals surface area contributed by atoms with Gasteiger partial charge in [0.15, 0.2) is 5.09 Å². The molecule has 0 saturated heterocycles. The molecule has 88 valence electrons. The van der Waals surface area contributed by atoms with Crippen molar-refractivity contribution in [2.24, 2.45) is 0 Å². The van der Waals surface area contributed by atoms with E-state index < -0.39 is 5.97 Å². The van der Waals surface area contributed by atoms with Crippen molar-refractivity contribution in [3.63, 3.8) is 0 Å². The fourth-order valence-electron chi connectivity index (χ4n) is 1.34. The van der Waals surface area contributed by atoms with Crippen molar-refractivity contribution in [3.05, 3.63) is 42.2 Å². The lowest BCUT2D eigenvalue weighted by Gasteiger charge is -2.06. The zero-order chi connectivity index (χ0) is 12.3. The van der Waals surface area contributed by atoms with Crippen LogP contribution in [0.1, 0.15) is 10.4 Å². The molecule has 1 heterocycles. The summed E-state index contributed by atoms with van der Waals surface area (Å²) in [5.41, 5.74) is 0.154. The smallest absolute Gasteiger partial charge is 0.340 e. The van der Waals surface area contributed by atoms with E-state index in [0.29, 0.717) is 10.8 Å². The number of hydrogen-bond donors (Lipinski definition) is 1. The van der Waals surface area contributed by atoms with E-state index in [1.165, 1.54) is 24.1 Å². The third-order valence-electron chi connectivity index (χ3n) is 2.13. The van der Waals surface area contributed by atoms with Crippen LogP contribution in [0.3, 0.4) is 0 Å². The third kappa shape index (κ3) is 2.45. The Labute approximate surface area is 102 Å². The van der Waals surface area contributed by atoms with E-state index in [2.05, 4.69) is 0 Å². The van der Waals surface area contributed by atoms with Crippen LogP contribution in [0.5, 0.6) is 5.75 Å². The Morgan fingerprint density at radius 3 is 2.82 bits per heavy atom. The summed E-state index contributed by atoms with van der Waals surface area (Å²) >= 11 is 1.23. The number of aromatic carboxylic acids is 1. The molecule has 0 amide bonds. The van der Waals surface area contributed by atoms with E-state index in [1.807, 2.05) is 24.3 Å². The van der Waals surface area contributed by atoms with Crippen LogP contribution in [0.2, 0.25) is 0 Å². The highest BCUT2D eigenvalue weighted by Crippen LogP contribution is 2.36. The summed E-state index contributed by atoms with van der Waals surface area (Å²) in [6, 6.07) is 8.79. The number of para-hydroxylation sites is 1. The quantitative estimate of drug-likeness (QED) is 0.903. The first-order valence-corrected chi connectivity index (χ1v) is 5.65. The molecule has 0 saturated carbocycles. The molecule has 0 atom stereocenters. The molecule has 0 aliphatic rings. The molecule has 0 bridgehead atoms. The molecule has 0 aliphatic carbocycles. The van der Waals surface area contributed by atoms with Gasteiger partial charge in [-0.2, -0.15) is 0 Å². The molecule has 1 N–H and O–H groups in total. The Morgan fingerprint density at radius 1 is 1.35 bits per heavy atom. The van der Waals surface area contributed by atoms with Crippen LogP contribution >= 0.6 is 11.8 Å². The Kier molecular flexibility index (Phi) is 3.39. The third-order valence-corrected chi connectivity index (χ3v) is 3.19. The minimum Gasteiger partial charge on any atom is -0.496 e. The summed E-state index contributed by atoms with van der Waals surface area (Å²) in [4.78, 5) is 11.7. The van der Waals surface area contributed by atoms with Crippen LogP contribution in [-0.2, 0) is 0 Å². The average Bonchev–Trinajstić information content (AvgIpc) is 2.78. The van der Waals surface area contributed by atoms with Crippen LogP contribution in [0.4, 0.5) is 0 Å². The van der Waals surface area contributed by atoms with E-state index in [9.17, 15) is 4.79 Å². The number of carboxylic acid groups (broad SMARTS) is 1. The fourth-order valence-corrected chi connectivity index (χ4v) is 2.30. The van der Waals surface area contributed by atoms with Crippen molar-refractivity contribution >= 4 is 17.7 Å². The van der Waals surface area contributed by atoms with Crippen LogP contribution < -0.4 is 4.74 Å². The Morgan fingerprint density at radius 2 is 2.12 bits per heavy atom. The number of furan rings is 1. The number of carboxylic acids is 1. The van der Waals surface area contributed by atoms with Gasteiger partial charge in [0, 0.05) is 0 Å². The fraction of sp³-hybridized carbons (Fsp3) is 0.0833. The van der Waals surface area contributed by atoms with Gasteiger partial charge in [-0.15, -0.1) is 0 Å². The second-order valence-corrected chi connectivity index (χ2v) is 4.19. The number of carbonyl (C=O) groups is 1. The first kappa shape index (κ1) is 11.6. The van der Waals surface area contributed by atoms with Crippen molar-refractivity contribution in [1.29, 1.82) is 0 Å². The predicted octanol–water partition coefficient (Wildman–Crippen LogP) is 3.14. The van der Waals surface area contributed by atoms with Gasteiger partial charge in [-0.25, -0.2) is 4.79 Å². The normalized spacial score (nSPS) is 10.2. The van der Waals surface area contributed by atoms with Gasteiger partial charge < -0.3 is 14.3 Å². The molecule has 2 rings (SSSR count).